The summed E-state index contributed by atoms with van der Waals surface area (Å²) in [4.78, 5) is 2.01. The largest absolute Gasteiger partial charge is 0.394 e. The zero-order chi connectivity index (χ0) is 40.9. The Kier molecular flexibility index (Phi) is 16.3. The second-order valence-corrected chi connectivity index (χ2v) is 16.3. The molecule has 322 valence electrons. The van der Waals surface area contributed by atoms with E-state index in [-0.39, 0.29) is 24.5 Å². The monoisotopic (exact) mass is 828 g/mol. The summed E-state index contributed by atoms with van der Waals surface area (Å²) in [6.07, 6.45) is -24.3. The second kappa shape index (κ2) is 20.1. The van der Waals surface area contributed by atoms with Crippen LogP contribution < -0.4 is 4.72 Å². The van der Waals surface area contributed by atoms with Gasteiger partial charge in [0, 0.05) is 19.6 Å². The number of hydrogen-bond donors (Lipinski definition) is 11. The van der Waals surface area contributed by atoms with E-state index in [1.165, 1.54) is 19.1 Å². The fourth-order valence-corrected chi connectivity index (χ4v) is 8.08. The molecule has 21 nitrogen and oxygen atoms in total. The van der Waals surface area contributed by atoms with E-state index in [0.29, 0.717) is 13.0 Å². The average Bonchev–Trinajstić information content (AvgIpc) is 3.18. The van der Waals surface area contributed by atoms with Gasteiger partial charge in [-0.25, -0.2) is 13.1 Å². The second-order valence-electron chi connectivity index (χ2n) is 14.5. The first-order valence-corrected chi connectivity index (χ1v) is 20.0. The van der Waals surface area contributed by atoms with Crippen LogP contribution in [0.5, 0.6) is 0 Å². The van der Waals surface area contributed by atoms with E-state index in [0.717, 1.165) is 5.56 Å². The SMILES string of the molecule is Cc1ccc(S(=O)(=O)NCCCN2CC(CO)OC(OC3C(O)C(CO)OC(OCC4OC(C)C(O)C(OC5OC(CO)C(O)C(O)C5O)C4O)C3O)C2)cc1. The smallest absolute Gasteiger partial charge is 0.240 e. The van der Waals surface area contributed by atoms with E-state index in [1.54, 1.807) is 12.1 Å². The number of benzene rings is 1. The number of nitrogens with zero attached hydrogens (tertiary/aromatic N) is 1. The van der Waals surface area contributed by atoms with E-state index in [1.807, 2.05) is 11.8 Å². The van der Waals surface area contributed by atoms with Gasteiger partial charge in [0.25, 0.3) is 0 Å². The van der Waals surface area contributed by atoms with Gasteiger partial charge in [0.15, 0.2) is 18.9 Å². The van der Waals surface area contributed by atoms with Gasteiger partial charge in [0.1, 0.15) is 73.2 Å². The number of hydrogen-bond acceptors (Lipinski definition) is 20. The maximum atomic E-state index is 12.7. The molecule has 0 aliphatic carbocycles. The van der Waals surface area contributed by atoms with E-state index in [2.05, 4.69) is 4.72 Å². The minimum Gasteiger partial charge on any atom is -0.394 e. The number of aliphatic hydroxyl groups excluding tert-OH is 10. The zero-order valence-electron chi connectivity index (χ0n) is 31.0. The van der Waals surface area contributed by atoms with Crippen LogP contribution in [0.25, 0.3) is 0 Å². The molecule has 56 heavy (non-hydrogen) atoms. The van der Waals surface area contributed by atoms with Crippen LogP contribution in [0.2, 0.25) is 0 Å². The molecular weight excluding hydrogens is 772 g/mol. The Morgan fingerprint density at radius 3 is 2.00 bits per heavy atom. The van der Waals surface area contributed by atoms with Crippen molar-refractivity contribution in [1.82, 2.24) is 9.62 Å². The minimum atomic E-state index is -3.72. The normalized spacial score (nSPS) is 41.5. The summed E-state index contributed by atoms with van der Waals surface area (Å²) in [5, 5.41) is 104. The van der Waals surface area contributed by atoms with Gasteiger partial charge >= 0.3 is 0 Å². The Labute approximate surface area is 323 Å². The first kappa shape index (κ1) is 45.5. The van der Waals surface area contributed by atoms with Crippen molar-refractivity contribution >= 4 is 10.0 Å². The van der Waals surface area contributed by atoms with Gasteiger partial charge in [0.2, 0.25) is 10.0 Å². The molecular formula is C34H56N2O19S. The van der Waals surface area contributed by atoms with Crippen LogP contribution in [-0.4, -0.2) is 221 Å². The first-order chi connectivity index (χ1) is 26.6. The van der Waals surface area contributed by atoms with Crippen molar-refractivity contribution in [1.29, 1.82) is 0 Å². The molecule has 22 heteroatoms. The van der Waals surface area contributed by atoms with Crippen molar-refractivity contribution in [2.24, 2.45) is 0 Å². The predicted octanol–water partition coefficient (Wildman–Crippen LogP) is -5.78. The summed E-state index contributed by atoms with van der Waals surface area (Å²) >= 11 is 0. The lowest BCUT2D eigenvalue weighted by molar-refractivity contribution is -0.352. The number of ether oxygens (including phenoxy) is 7. The molecule has 1 aromatic carbocycles. The molecule has 4 saturated heterocycles. The minimum absolute atomic E-state index is 0.103. The molecule has 4 fully saturated rings. The third kappa shape index (κ3) is 10.8. The summed E-state index contributed by atoms with van der Waals surface area (Å²) in [5.74, 6) is 0. The molecule has 0 radical (unpaired) electrons. The van der Waals surface area contributed by atoms with Gasteiger partial charge in [0.05, 0.1) is 43.5 Å². The van der Waals surface area contributed by atoms with Gasteiger partial charge < -0.3 is 84.2 Å². The van der Waals surface area contributed by atoms with Crippen LogP contribution in [0.1, 0.15) is 18.9 Å². The Balaban J connectivity index is 1.17. The molecule has 4 heterocycles. The maximum Gasteiger partial charge on any atom is 0.240 e. The summed E-state index contributed by atoms with van der Waals surface area (Å²) < 4.78 is 67.9. The molecule has 0 saturated carbocycles. The summed E-state index contributed by atoms with van der Waals surface area (Å²) in [5.41, 5.74) is 0.922. The first-order valence-electron chi connectivity index (χ1n) is 18.5. The van der Waals surface area contributed by atoms with Gasteiger partial charge in [-0.15, -0.1) is 0 Å². The van der Waals surface area contributed by atoms with Crippen molar-refractivity contribution < 1.29 is 92.6 Å². The van der Waals surface area contributed by atoms with Gasteiger partial charge in [-0.05, 0) is 38.9 Å². The van der Waals surface area contributed by atoms with Crippen LogP contribution in [0.15, 0.2) is 29.2 Å². The number of aryl methyl sites for hydroxylation is 1. The third-order valence-electron chi connectivity index (χ3n) is 10.3. The van der Waals surface area contributed by atoms with E-state index in [4.69, 9.17) is 33.2 Å². The van der Waals surface area contributed by atoms with Crippen LogP contribution in [-0.2, 0) is 43.2 Å². The summed E-state index contributed by atoms with van der Waals surface area (Å²) in [6, 6.07) is 6.44. The molecule has 1 aromatic rings. The molecule has 4 aliphatic rings. The fourth-order valence-electron chi connectivity index (χ4n) is 7.01. The van der Waals surface area contributed by atoms with Gasteiger partial charge in [-0.1, -0.05) is 17.7 Å². The lowest BCUT2D eigenvalue weighted by atomic mass is 9.94. The van der Waals surface area contributed by atoms with Crippen LogP contribution in [0.3, 0.4) is 0 Å². The highest BCUT2D eigenvalue weighted by molar-refractivity contribution is 7.89. The van der Waals surface area contributed by atoms with E-state index >= 15 is 0 Å². The Morgan fingerprint density at radius 1 is 0.714 bits per heavy atom. The number of morpholine rings is 1. The van der Waals surface area contributed by atoms with Crippen LogP contribution in [0, 0.1) is 6.92 Å². The van der Waals surface area contributed by atoms with Crippen molar-refractivity contribution in [2.45, 2.75) is 129 Å². The number of aliphatic hydroxyl groups is 10. The number of rotatable bonds is 16. The predicted molar refractivity (Wildman–Crippen MR) is 187 cm³/mol. The van der Waals surface area contributed by atoms with Gasteiger partial charge in [-0.2, -0.15) is 0 Å². The number of sulfonamides is 1. The van der Waals surface area contributed by atoms with E-state index < -0.39 is 141 Å². The fraction of sp³-hybridized carbons (Fsp3) is 0.824. The zero-order valence-corrected chi connectivity index (χ0v) is 31.8. The number of nitrogens with one attached hydrogen (secondary N) is 1. The highest BCUT2D eigenvalue weighted by Gasteiger charge is 2.51. The van der Waals surface area contributed by atoms with E-state index in [9.17, 15) is 59.5 Å². The molecule has 4 aliphatic heterocycles. The maximum absolute atomic E-state index is 12.7. The molecule has 11 N–H and O–H groups in total. The summed E-state index contributed by atoms with van der Waals surface area (Å²) in [6.45, 7) is 1.83. The molecule has 0 bridgehead atoms. The molecule has 0 amide bonds. The van der Waals surface area contributed by atoms with Crippen molar-refractivity contribution in [3.63, 3.8) is 0 Å². The lowest BCUT2D eigenvalue weighted by Crippen LogP contribution is -2.65. The summed E-state index contributed by atoms with van der Waals surface area (Å²) in [7, 11) is -3.72. The molecule has 0 spiro atoms. The van der Waals surface area contributed by atoms with Crippen molar-refractivity contribution in [3.8, 4) is 0 Å². The average molecular weight is 829 g/mol. The quantitative estimate of drug-likeness (QED) is 0.0692. The van der Waals surface area contributed by atoms with Crippen molar-refractivity contribution in [3.05, 3.63) is 29.8 Å². The van der Waals surface area contributed by atoms with Crippen LogP contribution in [0.4, 0.5) is 0 Å². The third-order valence-corrected chi connectivity index (χ3v) is 11.8. The highest BCUT2D eigenvalue weighted by Crippen LogP contribution is 2.31. The Morgan fingerprint density at radius 2 is 1.34 bits per heavy atom. The van der Waals surface area contributed by atoms with Crippen LogP contribution >= 0.6 is 0 Å². The Hall–Kier alpha value is -1.59. The highest BCUT2D eigenvalue weighted by atomic mass is 32.2. The Bertz CT molecular complexity index is 1460. The van der Waals surface area contributed by atoms with Gasteiger partial charge in [-0.3, -0.25) is 4.90 Å². The topological polar surface area (TPSA) is 316 Å². The molecule has 0 aromatic heterocycles. The molecule has 17 unspecified atom stereocenters. The lowest BCUT2D eigenvalue weighted by Gasteiger charge is -2.47. The molecule has 17 atom stereocenters. The van der Waals surface area contributed by atoms with Crippen molar-refractivity contribution in [2.75, 3.05) is 52.6 Å². The standard InChI is InChI=1S/C34H56N2O19S/c1-16-4-6-19(7-5-16)56(47,48)35-8-3-9-36-10-18(12-37)51-23(11-36)54-32-26(42)21(14-39)52-33(30(32)46)49-15-22-27(43)31(24(40)17(2)50-22)55-34-29(45)28(44)25(41)20(13-38)53-34/h4-7,17-18,20-35,37-46H,3,8-15H2,1-2H3. The molecule has 5 rings (SSSR count).